The van der Waals surface area contributed by atoms with Crippen molar-refractivity contribution in [1.29, 1.82) is 0 Å². The summed E-state index contributed by atoms with van der Waals surface area (Å²) in [5, 5.41) is 24.6. The summed E-state index contributed by atoms with van der Waals surface area (Å²) in [6.07, 6.45) is 1.01. The van der Waals surface area contributed by atoms with Crippen LogP contribution in [0, 0.1) is 11.8 Å². The van der Waals surface area contributed by atoms with Gasteiger partial charge >= 0.3 is 10.3 Å². The van der Waals surface area contributed by atoms with Gasteiger partial charge in [0.05, 0.1) is 18.8 Å². The quantitative estimate of drug-likeness (QED) is 0.582. The minimum atomic E-state index is -4.10. The molecule has 1 aromatic rings. The molecule has 0 bridgehead atoms. The number of nitrogens with zero attached hydrogens (tertiary/aromatic N) is 1. The SMILES string of the molecule is NS(=O)(=O)OC[C@H]1C[C@@H](CC(=O)c2cccnc2)[C@H](O)[C@@H]1O. The fraction of sp³-hybridized carbons (Fsp3) is 0.538. The van der Waals surface area contributed by atoms with Crippen molar-refractivity contribution >= 4 is 16.1 Å². The van der Waals surface area contributed by atoms with Gasteiger partial charge in [-0.25, -0.2) is 5.14 Å². The molecule has 0 saturated heterocycles. The van der Waals surface area contributed by atoms with Crippen molar-refractivity contribution in [3.05, 3.63) is 30.1 Å². The Morgan fingerprint density at radius 1 is 1.36 bits per heavy atom. The Bertz CT molecular complexity index is 621. The molecule has 1 aromatic heterocycles. The molecule has 1 aliphatic carbocycles. The molecule has 1 saturated carbocycles. The van der Waals surface area contributed by atoms with Crippen molar-refractivity contribution in [3.8, 4) is 0 Å². The average molecular weight is 330 g/mol. The molecule has 122 valence electrons. The van der Waals surface area contributed by atoms with Crippen LogP contribution in [0.15, 0.2) is 24.5 Å². The number of rotatable bonds is 6. The van der Waals surface area contributed by atoms with Crippen molar-refractivity contribution in [1.82, 2.24) is 4.98 Å². The Morgan fingerprint density at radius 2 is 2.05 bits per heavy atom. The highest BCUT2D eigenvalue weighted by Gasteiger charge is 2.42. The van der Waals surface area contributed by atoms with Gasteiger partial charge in [0.1, 0.15) is 0 Å². The van der Waals surface area contributed by atoms with E-state index in [2.05, 4.69) is 9.17 Å². The smallest absolute Gasteiger partial charge is 0.333 e. The molecule has 4 atom stereocenters. The van der Waals surface area contributed by atoms with E-state index >= 15 is 0 Å². The van der Waals surface area contributed by atoms with E-state index in [1.54, 1.807) is 18.3 Å². The summed E-state index contributed by atoms with van der Waals surface area (Å²) in [4.78, 5) is 15.9. The Morgan fingerprint density at radius 3 is 2.64 bits per heavy atom. The van der Waals surface area contributed by atoms with Gasteiger partial charge in [-0.05, 0) is 24.5 Å². The maximum Gasteiger partial charge on any atom is 0.333 e. The molecule has 2 rings (SSSR count). The highest BCUT2D eigenvalue weighted by atomic mass is 32.2. The molecule has 1 heterocycles. The van der Waals surface area contributed by atoms with Crippen molar-refractivity contribution < 1.29 is 27.6 Å². The summed E-state index contributed by atoms with van der Waals surface area (Å²) in [6.45, 7) is -0.325. The largest absolute Gasteiger partial charge is 0.390 e. The number of Topliss-reactive ketones (excluding diaryl/α,β-unsaturated/α-hetero) is 1. The lowest BCUT2D eigenvalue weighted by molar-refractivity contribution is -0.00374. The third-order valence-electron chi connectivity index (χ3n) is 3.80. The lowest BCUT2D eigenvalue weighted by Gasteiger charge is -2.16. The number of aliphatic hydroxyl groups is 2. The minimum Gasteiger partial charge on any atom is -0.390 e. The van der Waals surface area contributed by atoms with Crippen LogP contribution in [0.1, 0.15) is 23.2 Å². The van der Waals surface area contributed by atoms with Crippen LogP contribution in [-0.2, 0) is 14.5 Å². The van der Waals surface area contributed by atoms with Crippen LogP contribution in [0.4, 0.5) is 0 Å². The van der Waals surface area contributed by atoms with E-state index in [4.69, 9.17) is 5.14 Å². The monoisotopic (exact) mass is 330 g/mol. The van der Waals surface area contributed by atoms with Crippen LogP contribution < -0.4 is 5.14 Å². The summed E-state index contributed by atoms with van der Waals surface area (Å²) < 4.78 is 26.0. The molecular formula is C13H18N2O6S. The highest BCUT2D eigenvalue weighted by molar-refractivity contribution is 7.84. The van der Waals surface area contributed by atoms with Crippen LogP contribution in [-0.4, -0.2) is 48.2 Å². The Balaban J connectivity index is 1.96. The van der Waals surface area contributed by atoms with E-state index in [1.807, 2.05) is 0 Å². The fourth-order valence-electron chi connectivity index (χ4n) is 2.66. The zero-order valence-electron chi connectivity index (χ0n) is 11.7. The van der Waals surface area contributed by atoms with E-state index < -0.39 is 34.3 Å². The number of hydrogen-bond donors (Lipinski definition) is 3. The standard InChI is InChI=1S/C13H18N2O6S/c14-22(19,20)21-7-10-4-9(12(17)13(10)18)5-11(16)8-2-1-3-15-6-8/h1-3,6,9-10,12-13,17-18H,4-5,7H2,(H2,14,19,20)/t9-,10+,12-,13+/m0/s1. The predicted molar refractivity (Wildman–Crippen MR) is 75.9 cm³/mol. The molecule has 8 nitrogen and oxygen atoms in total. The van der Waals surface area contributed by atoms with Gasteiger partial charge in [-0.3, -0.25) is 14.0 Å². The van der Waals surface area contributed by atoms with Crippen LogP contribution >= 0.6 is 0 Å². The second-order valence-corrected chi connectivity index (χ2v) is 6.60. The highest BCUT2D eigenvalue weighted by Crippen LogP contribution is 2.35. The minimum absolute atomic E-state index is 0.0375. The Hall–Kier alpha value is -1.39. The maximum atomic E-state index is 12.1. The van der Waals surface area contributed by atoms with Crippen molar-refractivity contribution in [2.75, 3.05) is 6.61 Å². The molecule has 4 N–H and O–H groups in total. The van der Waals surface area contributed by atoms with Crippen molar-refractivity contribution in [2.24, 2.45) is 17.0 Å². The molecule has 0 amide bonds. The molecule has 0 radical (unpaired) electrons. The second kappa shape index (κ2) is 6.80. The number of ketones is 1. The Labute approximate surface area is 128 Å². The second-order valence-electron chi connectivity index (χ2n) is 5.38. The summed E-state index contributed by atoms with van der Waals surface area (Å²) in [5.74, 6) is -1.27. The number of hydrogen-bond acceptors (Lipinski definition) is 7. The molecule has 1 aliphatic rings. The van der Waals surface area contributed by atoms with Crippen LogP contribution in [0.25, 0.3) is 0 Å². The van der Waals surface area contributed by atoms with E-state index in [0.29, 0.717) is 5.56 Å². The van der Waals surface area contributed by atoms with Gasteiger partial charge in [-0.1, -0.05) is 0 Å². The van der Waals surface area contributed by atoms with Gasteiger partial charge in [0, 0.05) is 30.3 Å². The molecule has 0 spiro atoms. The summed E-state index contributed by atoms with van der Waals surface area (Å²) in [7, 11) is -4.10. The number of aromatic nitrogens is 1. The first-order valence-corrected chi connectivity index (χ1v) is 8.21. The van der Waals surface area contributed by atoms with E-state index in [9.17, 15) is 23.4 Å². The topological polar surface area (TPSA) is 140 Å². The first-order chi connectivity index (χ1) is 10.3. The molecule has 0 unspecified atom stereocenters. The zero-order chi connectivity index (χ0) is 16.3. The fourth-order valence-corrected chi connectivity index (χ4v) is 3.03. The zero-order valence-corrected chi connectivity index (χ0v) is 12.5. The lowest BCUT2D eigenvalue weighted by atomic mass is 9.95. The Kier molecular flexibility index (Phi) is 5.24. The lowest BCUT2D eigenvalue weighted by Crippen LogP contribution is -2.31. The number of aliphatic hydroxyl groups excluding tert-OH is 2. The van der Waals surface area contributed by atoms with E-state index in [1.165, 1.54) is 6.20 Å². The molecule has 9 heteroatoms. The molecule has 0 aromatic carbocycles. The van der Waals surface area contributed by atoms with Crippen molar-refractivity contribution in [3.63, 3.8) is 0 Å². The molecule has 1 fully saturated rings. The first kappa shape index (κ1) is 17.0. The van der Waals surface area contributed by atoms with Gasteiger partial charge in [0.2, 0.25) is 0 Å². The van der Waals surface area contributed by atoms with E-state index in [0.717, 1.165) is 0 Å². The van der Waals surface area contributed by atoms with Gasteiger partial charge in [-0.15, -0.1) is 0 Å². The number of carbonyl (C=O) groups is 1. The number of carbonyl (C=O) groups excluding carboxylic acids is 1. The summed E-state index contributed by atoms with van der Waals surface area (Å²) in [5.41, 5.74) is 0.424. The first-order valence-electron chi connectivity index (χ1n) is 6.74. The summed E-state index contributed by atoms with van der Waals surface area (Å²) in [6, 6.07) is 3.25. The third kappa shape index (κ3) is 4.31. The van der Waals surface area contributed by atoms with Gasteiger partial charge in [0.15, 0.2) is 5.78 Å². The van der Waals surface area contributed by atoms with Crippen LogP contribution in [0.3, 0.4) is 0 Å². The van der Waals surface area contributed by atoms with E-state index in [-0.39, 0.29) is 25.2 Å². The van der Waals surface area contributed by atoms with Gasteiger partial charge < -0.3 is 10.2 Å². The molecular weight excluding hydrogens is 312 g/mol. The molecule has 0 aliphatic heterocycles. The predicted octanol–water partition coefficient (Wildman–Crippen LogP) is -0.768. The molecule has 22 heavy (non-hydrogen) atoms. The number of nitrogens with two attached hydrogens (primary N) is 1. The van der Waals surface area contributed by atoms with Gasteiger partial charge in [0.25, 0.3) is 0 Å². The summed E-state index contributed by atoms with van der Waals surface area (Å²) >= 11 is 0. The third-order valence-corrected chi connectivity index (χ3v) is 4.26. The normalized spacial score (nSPS) is 28.7. The number of pyridine rings is 1. The average Bonchev–Trinajstić information content (AvgIpc) is 2.73. The maximum absolute atomic E-state index is 12.1. The van der Waals surface area contributed by atoms with Gasteiger partial charge in [-0.2, -0.15) is 8.42 Å². The van der Waals surface area contributed by atoms with Crippen molar-refractivity contribution in [2.45, 2.75) is 25.0 Å². The van der Waals surface area contributed by atoms with Crippen LogP contribution in [0.5, 0.6) is 0 Å². The van der Waals surface area contributed by atoms with Crippen LogP contribution in [0.2, 0.25) is 0 Å².